The summed E-state index contributed by atoms with van der Waals surface area (Å²) in [6.45, 7) is 2.56. The van der Waals surface area contributed by atoms with Crippen LogP contribution in [-0.4, -0.2) is 6.61 Å². The van der Waals surface area contributed by atoms with Crippen LogP contribution in [0.1, 0.15) is 23.6 Å². The fraction of sp³-hybridized carbons (Fsp3) is 0.294. The molecular formula is C17H17F3O. The van der Waals surface area contributed by atoms with E-state index in [1.165, 1.54) is 12.1 Å². The summed E-state index contributed by atoms with van der Waals surface area (Å²) in [5, 5.41) is 0. The fourth-order valence-electron chi connectivity index (χ4n) is 2.07. The molecule has 0 aliphatic rings. The smallest absolute Gasteiger partial charge is 0.416 e. The summed E-state index contributed by atoms with van der Waals surface area (Å²) in [7, 11) is 0. The molecule has 0 saturated carbocycles. The maximum atomic E-state index is 12.5. The predicted molar refractivity (Wildman–Crippen MR) is 76.5 cm³/mol. The third-order valence-corrected chi connectivity index (χ3v) is 3.22. The van der Waals surface area contributed by atoms with E-state index in [-0.39, 0.29) is 0 Å². The summed E-state index contributed by atoms with van der Waals surface area (Å²) in [6.07, 6.45) is -2.77. The minimum atomic E-state index is -4.27. The molecule has 0 heterocycles. The number of hydrogen-bond donors (Lipinski definition) is 0. The molecule has 1 nitrogen and oxygen atoms in total. The number of aryl methyl sites for hydroxylation is 2. The van der Waals surface area contributed by atoms with E-state index in [4.69, 9.17) is 4.74 Å². The van der Waals surface area contributed by atoms with E-state index in [0.29, 0.717) is 13.0 Å². The normalized spacial score (nSPS) is 11.4. The number of ether oxygens (including phenoxy) is 1. The molecule has 0 amide bonds. The van der Waals surface area contributed by atoms with Gasteiger partial charge in [-0.05, 0) is 55.2 Å². The quantitative estimate of drug-likeness (QED) is 0.763. The van der Waals surface area contributed by atoms with Crippen molar-refractivity contribution in [2.45, 2.75) is 25.9 Å². The van der Waals surface area contributed by atoms with Gasteiger partial charge in [0.2, 0.25) is 0 Å². The van der Waals surface area contributed by atoms with Crippen LogP contribution in [0.25, 0.3) is 0 Å². The molecule has 0 N–H and O–H groups in total. The van der Waals surface area contributed by atoms with Gasteiger partial charge in [0.05, 0.1) is 12.2 Å². The second-order valence-corrected chi connectivity index (χ2v) is 4.77. The number of hydrogen-bond acceptors (Lipinski definition) is 1. The molecule has 0 fully saturated rings. The highest BCUT2D eigenvalue weighted by Crippen LogP contribution is 2.29. The first-order valence-corrected chi connectivity index (χ1v) is 6.87. The minimum Gasteiger partial charge on any atom is -0.494 e. The van der Waals surface area contributed by atoms with E-state index >= 15 is 0 Å². The molecular weight excluding hydrogens is 277 g/mol. The molecule has 0 aromatic heterocycles. The zero-order valence-corrected chi connectivity index (χ0v) is 11.8. The van der Waals surface area contributed by atoms with Gasteiger partial charge < -0.3 is 4.74 Å². The summed E-state index contributed by atoms with van der Waals surface area (Å²) in [6, 6.07) is 13.1. The van der Waals surface area contributed by atoms with Gasteiger partial charge in [-0.2, -0.15) is 13.2 Å². The van der Waals surface area contributed by atoms with Crippen molar-refractivity contribution in [3.8, 4) is 5.75 Å². The molecule has 21 heavy (non-hydrogen) atoms. The molecule has 0 bridgehead atoms. The molecule has 2 aromatic rings. The van der Waals surface area contributed by atoms with Crippen molar-refractivity contribution in [2.75, 3.05) is 6.61 Å². The average Bonchev–Trinajstić information content (AvgIpc) is 2.46. The number of benzene rings is 2. The second kappa shape index (κ2) is 6.66. The Kier molecular flexibility index (Phi) is 4.89. The zero-order valence-electron chi connectivity index (χ0n) is 11.8. The summed E-state index contributed by atoms with van der Waals surface area (Å²) in [5.74, 6) is 0.829. The second-order valence-electron chi connectivity index (χ2n) is 4.77. The van der Waals surface area contributed by atoms with Crippen molar-refractivity contribution >= 4 is 0 Å². The molecule has 0 saturated heterocycles. The molecule has 0 radical (unpaired) electrons. The Labute approximate surface area is 122 Å². The maximum Gasteiger partial charge on any atom is 0.416 e. The third kappa shape index (κ3) is 4.52. The van der Waals surface area contributed by atoms with Crippen LogP contribution in [-0.2, 0) is 19.0 Å². The summed E-state index contributed by atoms with van der Waals surface area (Å²) >= 11 is 0. The van der Waals surface area contributed by atoms with E-state index in [9.17, 15) is 13.2 Å². The van der Waals surface area contributed by atoms with E-state index < -0.39 is 11.7 Å². The van der Waals surface area contributed by atoms with Gasteiger partial charge in [0.15, 0.2) is 0 Å². The van der Waals surface area contributed by atoms with Gasteiger partial charge in [0, 0.05) is 0 Å². The summed E-state index contributed by atoms with van der Waals surface area (Å²) < 4.78 is 42.7. The lowest BCUT2D eigenvalue weighted by Crippen LogP contribution is -2.04. The van der Waals surface area contributed by atoms with Gasteiger partial charge in [-0.1, -0.05) is 24.3 Å². The van der Waals surface area contributed by atoms with Crippen molar-refractivity contribution in [1.82, 2.24) is 0 Å². The Morgan fingerprint density at radius 3 is 1.71 bits per heavy atom. The predicted octanol–water partition coefficient (Wildman–Crippen LogP) is 4.89. The van der Waals surface area contributed by atoms with E-state index in [1.807, 2.05) is 31.2 Å². The maximum absolute atomic E-state index is 12.5. The monoisotopic (exact) mass is 294 g/mol. The Bertz CT molecular complexity index is 556. The van der Waals surface area contributed by atoms with Crippen LogP contribution >= 0.6 is 0 Å². The average molecular weight is 294 g/mol. The molecule has 0 unspecified atom stereocenters. The van der Waals surface area contributed by atoms with E-state index in [1.54, 1.807) is 0 Å². The lowest BCUT2D eigenvalue weighted by molar-refractivity contribution is -0.137. The molecule has 0 aliphatic heterocycles. The lowest BCUT2D eigenvalue weighted by atomic mass is 10.0. The molecule has 0 aliphatic carbocycles. The third-order valence-electron chi connectivity index (χ3n) is 3.22. The number of alkyl halides is 3. The SMILES string of the molecule is CCOc1ccc(CCc2ccc(C(F)(F)F)cc2)cc1. The van der Waals surface area contributed by atoms with Crippen molar-refractivity contribution in [3.63, 3.8) is 0 Å². The standard InChI is InChI=1S/C17H17F3O/c1-2-21-16-11-7-14(8-12-16)4-3-13-5-9-15(10-6-13)17(18,19)20/h5-12H,2-4H2,1H3. The molecule has 2 rings (SSSR count). The first-order valence-electron chi connectivity index (χ1n) is 6.87. The molecule has 112 valence electrons. The molecule has 2 aromatic carbocycles. The number of rotatable bonds is 5. The minimum absolute atomic E-state index is 0.604. The summed E-state index contributed by atoms with van der Waals surface area (Å²) in [4.78, 5) is 0. The highest BCUT2D eigenvalue weighted by molar-refractivity contribution is 5.29. The van der Waals surface area contributed by atoms with E-state index in [0.717, 1.165) is 35.4 Å². The fourth-order valence-corrected chi connectivity index (χ4v) is 2.07. The Morgan fingerprint density at radius 1 is 0.810 bits per heavy atom. The van der Waals surface area contributed by atoms with Crippen LogP contribution in [0, 0.1) is 0 Å². The van der Waals surface area contributed by atoms with Crippen molar-refractivity contribution in [1.29, 1.82) is 0 Å². The molecule has 0 atom stereocenters. The van der Waals surface area contributed by atoms with Gasteiger partial charge in [-0.15, -0.1) is 0 Å². The van der Waals surface area contributed by atoms with Crippen LogP contribution in [0.4, 0.5) is 13.2 Å². The van der Waals surface area contributed by atoms with E-state index in [2.05, 4.69) is 0 Å². The highest BCUT2D eigenvalue weighted by atomic mass is 19.4. The van der Waals surface area contributed by atoms with Gasteiger partial charge in [0.25, 0.3) is 0 Å². The Hall–Kier alpha value is -1.97. The van der Waals surface area contributed by atoms with Gasteiger partial charge >= 0.3 is 6.18 Å². The molecule has 0 spiro atoms. The van der Waals surface area contributed by atoms with Crippen molar-refractivity contribution < 1.29 is 17.9 Å². The van der Waals surface area contributed by atoms with Crippen LogP contribution in [0.2, 0.25) is 0 Å². The van der Waals surface area contributed by atoms with Gasteiger partial charge in [-0.3, -0.25) is 0 Å². The van der Waals surface area contributed by atoms with Crippen LogP contribution < -0.4 is 4.74 Å². The van der Waals surface area contributed by atoms with Crippen LogP contribution in [0.5, 0.6) is 5.75 Å². The topological polar surface area (TPSA) is 9.23 Å². The zero-order chi connectivity index (χ0) is 15.3. The first kappa shape index (κ1) is 15.4. The summed E-state index contributed by atoms with van der Waals surface area (Å²) in [5.41, 5.74) is 1.43. The van der Waals surface area contributed by atoms with Gasteiger partial charge in [0.1, 0.15) is 5.75 Å². The first-order chi connectivity index (χ1) is 9.99. The van der Waals surface area contributed by atoms with Crippen molar-refractivity contribution in [2.24, 2.45) is 0 Å². The van der Waals surface area contributed by atoms with Crippen LogP contribution in [0.15, 0.2) is 48.5 Å². The highest BCUT2D eigenvalue weighted by Gasteiger charge is 2.29. The van der Waals surface area contributed by atoms with Crippen molar-refractivity contribution in [3.05, 3.63) is 65.2 Å². The Balaban J connectivity index is 1.93. The largest absolute Gasteiger partial charge is 0.494 e. The lowest BCUT2D eigenvalue weighted by Gasteiger charge is -2.08. The van der Waals surface area contributed by atoms with Gasteiger partial charge in [-0.25, -0.2) is 0 Å². The molecule has 4 heteroatoms. The number of halogens is 3. The van der Waals surface area contributed by atoms with Crippen LogP contribution in [0.3, 0.4) is 0 Å². The Morgan fingerprint density at radius 2 is 1.29 bits per heavy atom.